The highest BCUT2D eigenvalue weighted by molar-refractivity contribution is 4.95. The first-order valence-corrected chi connectivity index (χ1v) is 7.58. The zero-order valence-corrected chi connectivity index (χ0v) is 12.4. The molecule has 0 spiro atoms. The molecule has 0 amide bonds. The minimum atomic E-state index is 0.388. The summed E-state index contributed by atoms with van der Waals surface area (Å²) in [4.78, 5) is 2.45. The Morgan fingerprint density at radius 2 is 1.89 bits per heavy atom. The SMILES string of the molecule is COCC(NCC1(N(C)C)CCCCC1)C1CC1. The number of rotatable bonds is 7. The van der Waals surface area contributed by atoms with Crippen molar-refractivity contribution < 1.29 is 4.74 Å². The number of hydrogen-bond acceptors (Lipinski definition) is 3. The standard InChI is InChI=1S/C15H30N2O/c1-17(2)15(9-5-4-6-10-15)12-16-14(11-18-3)13-7-8-13/h13-14,16H,4-12H2,1-3H3. The van der Waals surface area contributed by atoms with Gasteiger partial charge in [0.15, 0.2) is 0 Å². The summed E-state index contributed by atoms with van der Waals surface area (Å²) >= 11 is 0. The van der Waals surface area contributed by atoms with Gasteiger partial charge in [0.2, 0.25) is 0 Å². The summed E-state index contributed by atoms with van der Waals surface area (Å²) in [7, 11) is 6.31. The van der Waals surface area contributed by atoms with Gasteiger partial charge < -0.3 is 15.0 Å². The van der Waals surface area contributed by atoms with Crippen LogP contribution in [0.1, 0.15) is 44.9 Å². The minimum Gasteiger partial charge on any atom is -0.383 e. The second kappa shape index (κ2) is 6.36. The lowest BCUT2D eigenvalue weighted by Gasteiger charge is -2.44. The van der Waals surface area contributed by atoms with E-state index in [4.69, 9.17) is 4.74 Å². The number of methoxy groups -OCH3 is 1. The van der Waals surface area contributed by atoms with E-state index in [1.165, 1.54) is 44.9 Å². The van der Waals surface area contributed by atoms with Crippen LogP contribution in [0.4, 0.5) is 0 Å². The molecule has 106 valence electrons. The Morgan fingerprint density at radius 1 is 1.22 bits per heavy atom. The molecular weight excluding hydrogens is 224 g/mol. The molecule has 3 nitrogen and oxygen atoms in total. The second-order valence-corrected chi connectivity index (χ2v) is 6.46. The third-order valence-electron chi connectivity index (χ3n) is 4.96. The molecular formula is C15H30N2O. The molecule has 2 aliphatic carbocycles. The Hall–Kier alpha value is -0.120. The monoisotopic (exact) mass is 254 g/mol. The van der Waals surface area contributed by atoms with Gasteiger partial charge in [-0.2, -0.15) is 0 Å². The van der Waals surface area contributed by atoms with Crippen LogP contribution in [0.5, 0.6) is 0 Å². The fourth-order valence-corrected chi connectivity index (χ4v) is 3.35. The first-order chi connectivity index (χ1) is 8.68. The quantitative estimate of drug-likeness (QED) is 0.754. The molecule has 0 bridgehead atoms. The third kappa shape index (κ3) is 3.46. The molecule has 0 saturated heterocycles. The number of nitrogens with one attached hydrogen (secondary N) is 1. The van der Waals surface area contributed by atoms with E-state index in [-0.39, 0.29) is 0 Å². The Bertz CT molecular complexity index is 245. The van der Waals surface area contributed by atoms with Gasteiger partial charge in [-0.15, -0.1) is 0 Å². The van der Waals surface area contributed by atoms with Crippen LogP contribution in [-0.2, 0) is 4.74 Å². The maximum absolute atomic E-state index is 5.36. The molecule has 0 aromatic carbocycles. The fraction of sp³-hybridized carbons (Fsp3) is 1.00. The molecule has 0 aromatic rings. The van der Waals surface area contributed by atoms with E-state index in [0.717, 1.165) is 19.1 Å². The first-order valence-electron chi connectivity index (χ1n) is 7.58. The molecule has 2 fully saturated rings. The highest BCUT2D eigenvalue weighted by atomic mass is 16.5. The second-order valence-electron chi connectivity index (χ2n) is 6.46. The van der Waals surface area contributed by atoms with E-state index >= 15 is 0 Å². The predicted molar refractivity (Wildman–Crippen MR) is 75.9 cm³/mol. The van der Waals surface area contributed by atoms with E-state index in [1.807, 2.05) is 7.11 Å². The van der Waals surface area contributed by atoms with Crippen molar-refractivity contribution in [2.45, 2.75) is 56.5 Å². The van der Waals surface area contributed by atoms with Crippen LogP contribution in [0.2, 0.25) is 0 Å². The van der Waals surface area contributed by atoms with Gasteiger partial charge >= 0.3 is 0 Å². The van der Waals surface area contributed by atoms with Gasteiger partial charge in [0, 0.05) is 25.2 Å². The largest absolute Gasteiger partial charge is 0.383 e. The number of hydrogen-bond donors (Lipinski definition) is 1. The fourth-order valence-electron chi connectivity index (χ4n) is 3.35. The molecule has 18 heavy (non-hydrogen) atoms. The Balaban J connectivity index is 1.87. The van der Waals surface area contributed by atoms with Gasteiger partial charge in [-0.1, -0.05) is 19.3 Å². The first kappa shape index (κ1) is 14.3. The van der Waals surface area contributed by atoms with Gasteiger partial charge in [-0.25, -0.2) is 0 Å². The van der Waals surface area contributed by atoms with Crippen molar-refractivity contribution in [3.05, 3.63) is 0 Å². The van der Waals surface area contributed by atoms with Crippen LogP contribution in [0.25, 0.3) is 0 Å². The van der Waals surface area contributed by atoms with E-state index in [1.54, 1.807) is 0 Å². The summed E-state index contributed by atoms with van der Waals surface area (Å²) < 4.78 is 5.36. The number of nitrogens with zero attached hydrogens (tertiary/aromatic N) is 1. The van der Waals surface area contributed by atoms with Crippen LogP contribution >= 0.6 is 0 Å². The molecule has 0 heterocycles. The van der Waals surface area contributed by atoms with Crippen LogP contribution in [0.3, 0.4) is 0 Å². The van der Waals surface area contributed by atoms with Crippen LogP contribution in [0, 0.1) is 5.92 Å². The van der Waals surface area contributed by atoms with E-state index < -0.39 is 0 Å². The summed E-state index contributed by atoms with van der Waals surface area (Å²) in [6, 6.07) is 0.578. The lowest BCUT2D eigenvalue weighted by atomic mass is 9.80. The minimum absolute atomic E-state index is 0.388. The summed E-state index contributed by atoms with van der Waals surface area (Å²) in [5.74, 6) is 0.868. The molecule has 2 saturated carbocycles. The summed E-state index contributed by atoms with van der Waals surface area (Å²) in [5.41, 5.74) is 0.388. The lowest BCUT2D eigenvalue weighted by Crippen LogP contribution is -2.55. The average molecular weight is 254 g/mol. The predicted octanol–water partition coefficient (Wildman–Crippen LogP) is 2.27. The molecule has 2 aliphatic rings. The molecule has 1 unspecified atom stereocenters. The van der Waals surface area contributed by atoms with Crippen molar-refractivity contribution in [1.29, 1.82) is 0 Å². The van der Waals surface area contributed by atoms with Crippen molar-refractivity contribution in [3.63, 3.8) is 0 Å². The van der Waals surface area contributed by atoms with Crippen molar-refractivity contribution in [3.8, 4) is 0 Å². The summed E-state index contributed by atoms with van der Waals surface area (Å²) in [5, 5.41) is 3.81. The Morgan fingerprint density at radius 3 is 2.39 bits per heavy atom. The zero-order valence-electron chi connectivity index (χ0n) is 12.4. The molecule has 0 aliphatic heterocycles. The number of likely N-dealkylation sites (N-methyl/N-ethyl adjacent to an activating group) is 1. The van der Waals surface area contributed by atoms with Gasteiger partial charge in [-0.05, 0) is 45.7 Å². The highest BCUT2D eigenvalue weighted by Gasteiger charge is 2.37. The summed E-state index contributed by atoms with van der Waals surface area (Å²) in [6.07, 6.45) is 9.65. The van der Waals surface area contributed by atoms with Gasteiger partial charge in [-0.3, -0.25) is 0 Å². The maximum Gasteiger partial charge on any atom is 0.0618 e. The molecule has 0 radical (unpaired) electrons. The average Bonchev–Trinajstić information content (AvgIpc) is 3.19. The lowest BCUT2D eigenvalue weighted by molar-refractivity contribution is 0.0841. The number of ether oxygens (including phenoxy) is 1. The Kier molecular flexibility index (Phi) is 5.05. The molecule has 1 N–H and O–H groups in total. The smallest absolute Gasteiger partial charge is 0.0618 e. The normalized spacial score (nSPS) is 25.3. The third-order valence-corrected chi connectivity index (χ3v) is 4.96. The van der Waals surface area contributed by atoms with Crippen molar-refractivity contribution in [1.82, 2.24) is 10.2 Å². The van der Waals surface area contributed by atoms with E-state index in [2.05, 4.69) is 24.3 Å². The van der Waals surface area contributed by atoms with Gasteiger partial charge in [0.1, 0.15) is 0 Å². The highest BCUT2D eigenvalue weighted by Crippen LogP contribution is 2.35. The molecule has 2 rings (SSSR count). The molecule has 3 heteroatoms. The van der Waals surface area contributed by atoms with Crippen LogP contribution in [0.15, 0.2) is 0 Å². The van der Waals surface area contributed by atoms with Crippen LogP contribution < -0.4 is 5.32 Å². The molecule has 1 atom stereocenters. The van der Waals surface area contributed by atoms with Crippen molar-refractivity contribution >= 4 is 0 Å². The zero-order chi connectivity index (χ0) is 13.0. The topological polar surface area (TPSA) is 24.5 Å². The van der Waals surface area contributed by atoms with Crippen molar-refractivity contribution in [2.75, 3.05) is 34.4 Å². The maximum atomic E-state index is 5.36. The Labute approximate surface area is 112 Å². The summed E-state index contributed by atoms with van der Waals surface area (Å²) in [6.45, 7) is 2.00. The van der Waals surface area contributed by atoms with E-state index in [9.17, 15) is 0 Å². The van der Waals surface area contributed by atoms with Crippen molar-refractivity contribution in [2.24, 2.45) is 5.92 Å². The van der Waals surface area contributed by atoms with Gasteiger partial charge in [0.25, 0.3) is 0 Å². The van der Waals surface area contributed by atoms with E-state index in [0.29, 0.717) is 11.6 Å². The van der Waals surface area contributed by atoms with Gasteiger partial charge in [0.05, 0.1) is 6.61 Å². The van der Waals surface area contributed by atoms with Crippen LogP contribution in [-0.4, -0.2) is 50.8 Å². The molecule has 0 aromatic heterocycles.